The Balaban J connectivity index is 1.69. The molecule has 2 saturated carbocycles. The number of thioether (sulfide) groups is 1. The monoisotopic (exact) mass is 295 g/mol. The summed E-state index contributed by atoms with van der Waals surface area (Å²) in [5, 5.41) is 13.8. The van der Waals surface area contributed by atoms with Crippen molar-refractivity contribution in [2.75, 3.05) is 0 Å². The molecule has 5 nitrogen and oxygen atoms in total. The maximum atomic E-state index is 6.32. The van der Waals surface area contributed by atoms with Crippen LogP contribution >= 0.6 is 11.8 Å². The Kier molecular flexibility index (Phi) is 4.61. The summed E-state index contributed by atoms with van der Waals surface area (Å²) >= 11 is 1.81. The zero-order chi connectivity index (χ0) is 13.9. The first-order chi connectivity index (χ1) is 9.78. The van der Waals surface area contributed by atoms with Gasteiger partial charge in [-0.15, -0.1) is 5.10 Å². The smallest absolute Gasteiger partial charge is 0.209 e. The predicted molar refractivity (Wildman–Crippen MR) is 80.6 cm³/mol. The SMILES string of the molecule is CCC1CCC(N)C(Sc2nnnn2C2CCCC2)C1. The number of hydrogen-bond donors (Lipinski definition) is 1. The van der Waals surface area contributed by atoms with Gasteiger partial charge in [0.25, 0.3) is 0 Å². The van der Waals surface area contributed by atoms with Crippen LogP contribution in [0, 0.1) is 5.92 Å². The quantitative estimate of drug-likeness (QED) is 0.925. The second kappa shape index (κ2) is 6.43. The number of nitrogens with zero attached hydrogens (tertiary/aromatic N) is 4. The van der Waals surface area contributed by atoms with Crippen LogP contribution in [0.1, 0.15) is 64.3 Å². The summed E-state index contributed by atoms with van der Waals surface area (Å²) in [6, 6.07) is 0.797. The first-order valence-electron chi connectivity index (χ1n) is 7.98. The summed E-state index contributed by atoms with van der Waals surface area (Å²) in [6.45, 7) is 2.28. The molecule has 0 spiro atoms. The second-order valence-corrected chi connectivity index (χ2v) is 7.46. The molecule has 2 fully saturated rings. The molecule has 3 rings (SSSR count). The molecule has 2 aliphatic rings. The number of rotatable bonds is 4. The van der Waals surface area contributed by atoms with Crippen LogP contribution in [0.5, 0.6) is 0 Å². The zero-order valence-corrected chi connectivity index (χ0v) is 13.1. The summed E-state index contributed by atoms with van der Waals surface area (Å²) in [5.41, 5.74) is 6.32. The van der Waals surface area contributed by atoms with Gasteiger partial charge in [0, 0.05) is 11.3 Å². The molecule has 1 aromatic rings. The molecule has 0 amide bonds. The van der Waals surface area contributed by atoms with Gasteiger partial charge in [-0.2, -0.15) is 0 Å². The van der Waals surface area contributed by atoms with Gasteiger partial charge in [-0.05, 0) is 48.4 Å². The van der Waals surface area contributed by atoms with Crippen LogP contribution in [0.4, 0.5) is 0 Å². The van der Waals surface area contributed by atoms with Crippen molar-refractivity contribution in [2.24, 2.45) is 11.7 Å². The minimum Gasteiger partial charge on any atom is -0.327 e. The first-order valence-corrected chi connectivity index (χ1v) is 8.86. The van der Waals surface area contributed by atoms with E-state index in [2.05, 4.69) is 27.1 Å². The Labute approximate surface area is 125 Å². The van der Waals surface area contributed by atoms with E-state index < -0.39 is 0 Å². The van der Waals surface area contributed by atoms with Crippen molar-refractivity contribution in [3.63, 3.8) is 0 Å². The molecule has 1 aromatic heterocycles. The Hall–Kier alpha value is -0.620. The van der Waals surface area contributed by atoms with Crippen molar-refractivity contribution in [1.82, 2.24) is 20.2 Å². The van der Waals surface area contributed by atoms with E-state index in [0.29, 0.717) is 11.3 Å². The van der Waals surface area contributed by atoms with Crippen LogP contribution in [0.25, 0.3) is 0 Å². The summed E-state index contributed by atoms with van der Waals surface area (Å²) in [5.74, 6) is 0.822. The zero-order valence-electron chi connectivity index (χ0n) is 12.2. The van der Waals surface area contributed by atoms with Crippen LogP contribution in [-0.4, -0.2) is 31.5 Å². The van der Waals surface area contributed by atoms with E-state index >= 15 is 0 Å². The minimum atomic E-state index is 0.288. The molecule has 0 bridgehead atoms. The van der Waals surface area contributed by atoms with Gasteiger partial charge < -0.3 is 5.73 Å². The second-order valence-electron chi connectivity index (χ2n) is 6.25. The fourth-order valence-electron chi connectivity index (χ4n) is 3.52. The molecule has 3 atom stereocenters. The van der Waals surface area contributed by atoms with E-state index in [0.717, 1.165) is 17.5 Å². The van der Waals surface area contributed by atoms with Gasteiger partial charge in [0.05, 0.1) is 6.04 Å². The molecule has 0 saturated heterocycles. The standard InChI is InChI=1S/C14H25N5S/c1-2-10-7-8-12(15)13(9-10)20-14-16-17-18-19(14)11-5-3-4-6-11/h10-13H,2-9,15H2,1H3. The average Bonchev–Trinajstić information content (AvgIpc) is 3.11. The molecule has 6 heteroatoms. The van der Waals surface area contributed by atoms with E-state index in [1.54, 1.807) is 0 Å². The number of aromatic nitrogens is 4. The van der Waals surface area contributed by atoms with Gasteiger partial charge in [0.2, 0.25) is 5.16 Å². The van der Waals surface area contributed by atoms with Crippen LogP contribution in [0.2, 0.25) is 0 Å². The Morgan fingerprint density at radius 3 is 2.80 bits per heavy atom. The highest BCUT2D eigenvalue weighted by molar-refractivity contribution is 7.99. The molecule has 1 heterocycles. The van der Waals surface area contributed by atoms with Gasteiger partial charge in [-0.1, -0.05) is 37.9 Å². The first kappa shape index (κ1) is 14.3. The molecule has 3 unspecified atom stereocenters. The fourth-order valence-corrected chi connectivity index (χ4v) is 4.85. The molecular weight excluding hydrogens is 270 g/mol. The van der Waals surface area contributed by atoms with E-state index in [1.165, 1.54) is 44.9 Å². The van der Waals surface area contributed by atoms with Gasteiger partial charge in [-0.3, -0.25) is 0 Å². The van der Waals surface area contributed by atoms with E-state index in [1.807, 2.05) is 11.8 Å². The average molecular weight is 295 g/mol. The van der Waals surface area contributed by atoms with Crippen molar-refractivity contribution >= 4 is 11.8 Å². The molecule has 0 radical (unpaired) electrons. The molecular formula is C14H25N5S. The van der Waals surface area contributed by atoms with E-state index in [-0.39, 0.29) is 6.04 Å². The van der Waals surface area contributed by atoms with E-state index in [4.69, 9.17) is 5.73 Å². The van der Waals surface area contributed by atoms with Crippen LogP contribution < -0.4 is 5.73 Å². The highest BCUT2D eigenvalue weighted by Crippen LogP contribution is 2.38. The summed E-state index contributed by atoms with van der Waals surface area (Å²) in [4.78, 5) is 0. The maximum Gasteiger partial charge on any atom is 0.209 e. The Morgan fingerprint density at radius 2 is 2.05 bits per heavy atom. The molecule has 2 aliphatic carbocycles. The largest absolute Gasteiger partial charge is 0.327 e. The molecule has 0 aliphatic heterocycles. The number of nitrogens with two attached hydrogens (primary N) is 1. The van der Waals surface area contributed by atoms with Crippen molar-refractivity contribution in [3.8, 4) is 0 Å². The highest BCUT2D eigenvalue weighted by Gasteiger charge is 2.31. The summed E-state index contributed by atoms with van der Waals surface area (Å²) < 4.78 is 2.06. The van der Waals surface area contributed by atoms with Gasteiger partial charge in [0.15, 0.2) is 0 Å². The maximum absolute atomic E-state index is 6.32. The Morgan fingerprint density at radius 1 is 1.25 bits per heavy atom. The molecule has 20 heavy (non-hydrogen) atoms. The lowest BCUT2D eigenvalue weighted by atomic mass is 9.84. The lowest BCUT2D eigenvalue weighted by Crippen LogP contribution is -2.38. The third kappa shape index (κ3) is 3.01. The summed E-state index contributed by atoms with van der Waals surface area (Å²) in [6.07, 6.45) is 9.92. The topological polar surface area (TPSA) is 69.6 Å². The third-order valence-electron chi connectivity index (χ3n) is 4.92. The summed E-state index contributed by atoms with van der Waals surface area (Å²) in [7, 11) is 0. The van der Waals surface area contributed by atoms with Gasteiger partial charge in [0.1, 0.15) is 0 Å². The number of tetrazole rings is 1. The number of hydrogen-bond acceptors (Lipinski definition) is 5. The van der Waals surface area contributed by atoms with Crippen molar-refractivity contribution in [2.45, 2.75) is 80.8 Å². The molecule has 0 aromatic carbocycles. The normalized spacial score (nSPS) is 31.8. The third-order valence-corrected chi connectivity index (χ3v) is 6.24. The lowest BCUT2D eigenvalue weighted by molar-refractivity contribution is 0.326. The van der Waals surface area contributed by atoms with E-state index in [9.17, 15) is 0 Å². The van der Waals surface area contributed by atoms with Gasteiger partial charge in [-0.25, -0.2) is 4.68 Å². The van der Waals surface area contributed by atoms with Crippen molar-refractivity contribution in [1.29, 1.82) is 0 Å². The predicted octanol–water partition coefficient (Wildman–Crippen LogP) is 2.79. The Bertz CT molecular complexity index is 429. The van der Waals surface area contributed by atoms with Crippen molar-refractivity contribution in [3.05, 3.63) is 0 Å². The molecule has 2 N–H and O–H groups in total. The van der Waals surface area contributed by atoms with Crippen molar-refractivity contribution < 1.29 is 0 Å². The highest BCUT2D eigenvalue weighted by atomic mass is 32.2. The van der Waals surface area contributed by atoms with Crippen LogP contribution in [-0.2, 0) is 0 Å². The minimum absolute atomic E-state index is 0.288. The lowest BCUT2D eigenvalue weighted by Gasteiger charge is -2.32. The van der Waals surface area contributed by atoms with Crippen LogP contribution in [0.15, 0.2) is 5.16 Å². The fraction of sp³-hybridized carbons (Fsp3) is 0.929. The van der Waals surface area contributed by atoms with Crippen LogP contribution in [0.3, 0.4) is 0 Å². The van der Waals surface area contributed by atoms with Gasteiger partial charge >= 0.3 is 0 Å². The molecule has 112 valence electrons.